The van der Waals surface area contributed by atoms with Crippen molar-refractivity contribution in [2.24, 2.45) is 0 Å². The minimum atomic E-state index is 0.272. The predicted octanol–water partition coefficient (Wildman–Crippen LogP) is 3.03. The van der Waals surface area contributed by atoms with Crippen LogP contribution in [0.5, 0.6) is 0 Å². The smallest absolute Gasteiger partial charge is 0.0715 e. The van der Waals surface area contributed by atoms with Crippen LogP contribution in [-0.2, 0) is 0 Å². The lowest BCUT2D eigenvalue weighted by atomic mass is 9.87. The Balaban J connectivity index is 2.85. The fourth-order valence-electron chi connectivity index (χ4n) is 3.07. The number of nitrogens with zero attached hydrogens (tertiary/aromatic N) is 1. The Morgan fingerprint density at radius 1 is 1.33 bits per heavy atom. The summed E-state index contributed by atoms with van der Waals surface area (Å²) in [5.74, 6) is 3.02. The molecule has 1 rings (SSSR count). The van der Waals surface area contributed by atoms with E-state index < -0.39 is 0 Å². The van der Waals surface area contributed by atoms with Crippen LogP contribution in [-0.4, -0.2) is 35.6 Å². The Bertz CT molecular complexity index is 275. The van der Waals surface area contributed by atoms with E-state index in [0.29, 0.717) is 12.1 Å². The topological polar surface area (TPSA) is 15.3 Å². The molecular formula is C16H30N2. The summed E-state index contributed by atoms with van der Waals surface area (Å²) in [6.45, 7) is 11.2. The molecule has 0 spiro atoms. The van der Waals surface area contributed by atoms with Gasteiger partial charge in [-0.3, -0.25) is 4.90 Å². The molecule has 1 saturated heterocycles. The second kappa shape index (κ2) is 7.16. The Morgan fingerprint density at radius 2 is 2.00 bits per heavy atom. The molecule has 0 radical (unpaired) electrons. The largest absolute Gasteiger partial charge is 0.308 e. The molecule has 0 bridgehead atoms. The van der Waals surface area contributed by atoms with E-state index in [9.17, 15) is 0 Å². The molecule has 1 heterocycles. The van der Waals surface area contributed by atoms with E-state index in [0.717, 1.165) is 19.5 Å². The van der Waals surface area contributed by atoms with E-state index in [4.69, 9.17) is 6.42 Å². The lowest BCUT2D eigenvalue weighted by Gasteiger charge is -2.49. The molecule has 1 N–H and O–H groups in total. The molecule has 0 aromatic carbocycles. The third kappa shape index (κ3) is 3.28. The van der Waals surface area contributed by atoms with Crippen LogP contribution in [0.25, 0.3) is 0 Å². The first-order chi connectivity index (χ1) is 8.66. The van der Waals surface area contributed by atoms with E-state index in [1.165, 1.54) is 25.7 Å². The maximum absolute atomic E-state index is 5.77. The number of piperazine rings is 1. The monoisotopic (exact) mass is 250 g/mol. The molecule has 104 valence electrons. The van der Waals surface area contributed by atoms with Crippen LogP contribution in [0.15, 0.2) is 0 Å². The van der Waals surface area contributed by atoms with Gasteiger partial charge in [0, 0.05) is 24.7 Å². The summed E-state index contributed by atoms with van der Waals surface area (Å²) >= 11 is 0. The number of nitrogens with one attached hydrogen (secondary N) is 1. The summed E-state index contributed by atoms with van der Waals surface area (Å²) in [4.78, 5) is 2.59. The maximum atomic E-state index is 5.77. The van der Waals surface area contributed by atoms with E-state index in [1.807, 2.05) is 0 Å². The van der Waals surface area contributed by atoms with Gasteiger partial charge in [-0.25, -0.2) is 0 Å². The van der Waals surface area contributed by atoms with Gasteiger partial charge in [0.05, 0.1) is 6.04 Å². The molecule has 0 amide bonds. The summed E-state index contributed by atoms with van der Waals surface area (Å²) in [5.41, 5.74) is 0.272. The Kier molecular flexibility index (Phi) is 6.18. The van der Waals surface area contributed by atoms with Gasteiger partial charge in [-0.2, -0.15) is 0 Å². The van der Waals surface area contributed by atoms with Crippen molar-refractivity contribution < 1.29 is 0 Å². The zero-order valence-corrected chi connectivity index (χ0v) is 12.6. The first-order valence-electron chi connectivity index (χ1n) is 7.63. The molecule has 0 saturated carbocycles. The lowest BCUT2D eigenvalue weighted by Crippen LogP contribution is -2.65. The maximum Gasteiger partial charge on any atom is 0.0715 e. The average Bonchev–Trinajstić information content (AvgIpc) is 2.44. The van der Waals surface area contributed by atoms with E-state index in [-0.39, 0.29) is 5.54 Å². The third-order valence-electron chi connectivity index (χ3n) is 4.65. The first kappa shape index (κ1) is 15.5. The highest BCUT2D eigenvalue weighted by Gasteiger charge is 2.38. The van der Waals surface area contributed by atoms with Gasteiger partial charge in [0.2, 0.25) is 0 Å². The quantitative estimate of drug-likeness (QED) is 0.729. The minimum absolute atomic E-state index is 0.272. The Labute approximate surface area is 114 Å². The highest BCUT2D eigenvalue weighted by molar-refractivity contribution is 5.06. The second-order valence-corrected chi connectivity index (χ2v) is 5.57. The molecule has 1 fully saturated rings. The van der Waals surface area contributed by atoms with Crippen molar-refractivity contribution in [1.82, 2.24) is 10.2 Å². The highest BCUT2D eigenvalue weighted by atomic mass is 15.3. The molecule has 2 heteroatoms. The van der Waals surface area contributed by atoms with Crippen molar-refractivity contribution in [3.63, 3.8) is 0 Å². The van der Waals surface area contributed by atoms with E-state index >= 15 is 0 Å². The lowest BCUT2D eigenvalue weighted by molar-refractivity contribution is 0.0496. The van der Waals surface area contributed by atoms with E-state index in [1.54, 1.807) is 0 Å². The first-order valence-corrected chi connectivity index (χ1v) is 7.63. The number of hydrogen-bond acceptors (Lipinski definition) is 2. The number of hydrogen-bond donors (Lipinski definition) is 1. The summed E-state index contributed by atoms with van der Waals surface area (Å²) in [7, 11) is 0. The zero-order valence-electron chi connectivity index (χ0n) is 12.6. The molecule has 0 aromatic rings. The molecule has 0 aliphatic carbocycles. The summed E-state index contributed by atoms with van der Waals surface area (Å²) < 4.78 is 0. The van der Waals surface area contributed by atoms with Crippen LogP contribution < -0.4 is 5.32 Å². The van der Waals surface area contributed by atoms with Crippen molar-refractivity contribution in [1.29, 1.82) is 0 Å². The molecule has 1 aliphatic rings. The highest BCUT2D eigenvalue weighted by Crippen LogP contribution is 2.26. The summed E-state index contributed by atoms with van der Waals surface area (Å²) in [6.07, 6.45) is 11.6. The standard InChI is InChI=1S/C16H30N2/c1-6-11-14(7-2)18-13-16(9-4,10-5)17-12-15(18)8-3/h2,14-15,17H,6,8-13H2,1,3-5H3. The van der Waals surface area contributed by atoms with Crippen LogP contribution >= 0.6 is 0 Å². The fraction of sp³-hybridized carbons (Fsp3) is 0.875. The molecule has 2 unspecified atom stereocenters. The van der Waals surface area contributed by atoms with Gasteiger partial charge >= 0.3 is 0 Å². The average molecular weight is 250 g/mol. The summed E-state index contributed by atoms with van der Waals surface area (Å²) in [5, 5.41) is 3.77. The van der Waals surface area contributed by atoms with Crippen molar-refractivity contribution in [3.05, 3.63) is 0 Å². The molecule has 0 aromatic heterocycles. The van der Waals surface area contributed by atoms with Crippen LogP contribution in [0.1, 0.15) is 59.8 Å². The van der Waals surface area contributed by atoms with Crippen LogP contribution in [0.4, 0.5) is 0 Å². The number of rotatable bonds is 6. The molecular weight excluding hydrogens is 220 g/mol. The SMILES string of the molecule is C#CC(CCC)N1CC(CC)(CC)NCC1CC. The fourth-order valence-corrected chi connectivity index (χ4v) is 3.07. The Hall–Kier alpha value is -0.520. The molecule has 18 heavy (non-hydrogen) atoms. The van der Waals surface area contributed by atoms with Gasteiger partial charge in [-0.15, -0.1) is 6.42 Å². The normalized spacial score (nSPS) is 25.6. The van der Waals surface area contributed by atoms with Gasteiger partial charge in [0.1, 0.15) is 0 Å². The molecule has 1 aliphatic heterocycles. The van der Waals surface area contributed by atoms with Crippen molar-refractivity contribution >= 4 is 0 Å². The predicted molar refractivity (Wildman–Crippen MR) is 79.6 cm³/mol. The molecule has 2 nitrogen and oxygen atoms in total. The van der Waals surface area contributed by atoms with Gasteiger partial charge in [0.15, 0.2) is 0 Å². The van der Waals surface area contributed by atoms with Crippen LogP contribution in [0.3, 0.4) is 0 Å². The minimum Gasteiger partial charge on any atom is -0.308 e. The van der Waals surface area contributed by atoms with Gasteiger partial charge in [-0.05, 0) is 25.7 Å². The van der Waals surface area contributed by atoms with Crippen molar-refractivity contribution in [2.45, 2.75) is 77.4 Å². The van der Waals surface area contributed by atoms with Gasteiger partial charge < -0.3 is 5.32 Å². The third-order valence-corrected chi connectivity index (χ3v) is 4.65. The molecule has 2 atom stereocenters. The van der Waals surface area contributed by atoms with Gasteiger partial charge in [-0.1, -0.05) is 40.0 Å². The van der Waals surface area contributed by atoms with Crippen molar-refractivity contribution in [3.8, 4) is 12.3 Å². The van der Waals surface area contributed by atoms with Gasteiger partial charge in [0.25, 0.3) is 0 Å². The second-order valence-electron chi connectivity index (χ2n) is 5.57. The zero-order chi connectivity index (χ0) is 13.6. The van der Waals surface area contributed by atoms with Crippen LogP contribution in [0.2, 0.25) is 0 Å². The number of terminal acetylenes is 1. The Morgan fingerprint density at radius 3 is 2.44 bits per heavy atom. The van der Waals surface area contributed by atoms with E-state index in [2.05, 4.69) is 43.8 Å². The van der Waals surface area contributed by atoms with Crippen LogP contribution in [0, 0.1) is 12.3 Å². The summed E-state index contributed by atoms with van der Waals surface area (Å²) in [6, 6.07) is 0.920. The van der Waals surface area contributed by atoms with Crippen molar-refractivity contribution in [2.75, 3.05) is 13.1 Å².